The van der Waals surface area contributed by atoms with E-state index in [9.17, 15) is 9.59 Å². The highest BCUT2D eigenvalue weighted by atomic mass is 35.5. The van der Waals surface area contributed by atoms with Crippen molar-refractivity contribution in [1.82, 2.24) is 10.2 Å². The first-order valence-electron chi connectivity index (χ1n) is 11.6. The Hall–Kier alpha value is -3.11. The van der Waals surface area contributed by atoms with Crippen LogP contribution >= 0.6 is 11.6 Å². The Bertz CT molecular complexity index is 1100. The minimum Gasteiger partial charge on any atom is -0.350 e. The predicted molar refractivity (Wildman–Crippen MR) is 139 cm³/mol. The van der Waals surface area contributed by atoms with E-state index in [0.29, 0.717) is 18.0 Å². The molecule has 178 valence electrons. The second kappa shape index (κ2) is 11.3. The largest absolute Gasteiger partial charge is 0.350 e. The van der Waals surface area contributed by atoms with Crippen molar-refractivity contribution in [3.05, 3.63) is 106 Å². The SMILES string of the molecule is Cc1ccc(CN(C(=O)Cc2cccc(Cl)c2)[C@H](Cc2ccccc2)C(=O)NC(C)(C)C)cc1. The number of hydrogen-bond acceptors (Lipinski definition) is 2. The van der Waals surface area contributed by atoms with Crippen molar-refractivity contribution in [1.29, 1.82) is 0 Å². The number of nitrogens with one attached hydrogen (secondary N) is 1. The Morgan fingerprint density at radius 1 is 0.882 bits per heavy atom. The number of carbonyl (C=O) groups excluding carboxylic acids is 2. The highest BCUT2D eigenvalue weighted by Crippen LogP contribution is 2.19. The van der Waals surface area contributed by atoms with Gasteiger partial charge in [0.2, 0.25) is 11.8 Å². The van der Waals surface area contributed by atoms with E-state index in [1.54, 1.807) is 17.0 Å². The van der Waals surface area contributed by atoms with Gasteiger partial charge in [-0.15, -0.1) is 0 Å². The molecule has 3 rings (SSSR count). The number of halogens is 1. The minimum atomic E-state index is -0.658. The zero-order chi connectivity index (χ0) is 24.7. The maximum Gasteiger partial charge on any atom is 0.243 e. The number of aryl methyl sites for hydroxylation is 1. The van der Waals surface area contributed by atoms with Gasteiger partial charge in [-0.1, -0.05) is 83.9 Å². The molecule has 0 unspecified atom stereocenters. The van der Waals surface area contributed by atoms with Crippen LogP contribution in [0.15, 0.2) is 78.9 Å². The third-order valence-corrected chi connectivity index (χ3v) is 5.72. The Labute approximate surface area is 207 Å². The monoisotopic (exact) mass is 476 g/mol. The van der Waals surface area contributed by atoms with Crippen molar-refractivity contribution in [3.8, 4) is 0 Å². The molecule has 0 aliphatic heterocycles. The minimum absolute atomic E-state index is 0.118. The maximum absolute atomic E-state index is 13.7. The average Bonchev–Trinajstić information content (AvgIpc) is 2.77. The molecule has 3 aromatic carbocycles. The number of benzene rings is 3. The fourth-order valence-corrected chi connectivity index (χ4v) is 4.03. The molecule has 4 nitrogen and oxygen atoms in total. The van der Waals surface area contributed by atoms with E-state index < -0.39 is 11.6 Å². The lowest BCUT2D eigenvalue weighted by atomic mass is 9.99. The Morgan fingerprint density at radius 2 is 1.53 bits per heavy atom. The molecule has 0 bridgehead atoms. The van der Waals surface area contributed by atoms with Gasteiger partial charge in [-0.25, -0.2) is 0 Å². The van der Waals surface area contributed by atoms with Gasteiger partial charge in [-0.3, -0.25) is 9.59 Å². The summed E-state index contributed by atoms with van der Waals surface area (Å²) in [5.74, 6) is -0.282. The molecule has 0 radical (unpaired) electrons. The first kappa shape index (κ1) is 25.5. The summed E-state index contributed by atoms with van der Waals surface area (Å²) in [5, 5.41) is 3.67. The highest BCUT2D eigenvalue weighted by Gasteiger charge is 2.32. The number of rotatable bonds is 8. The summed E-state index contributed by atoms with van der Waals surface area (Å²) in [6.07, 6.45) is 0.594. The predicted octanol–water partition coefficient (Wildman–Crippen LogP) is 5.75. The van der Waals surface area contributed by atoms with Gasteiger partial charge in [0, 0.05) is 23.5 Å². The lowest BCUT2D eigenvalue weighted by Crippen LogP contribution is -2.54. The summed E-state index contributed by atoms with van der Waals surface area (Å²) < 4.78 is 0. The van der Waals surface area contributed by atoms with E-state index in [1.807, 2.05) is 94.4 Å². The van der Waals surface area contributed by atoms with Crippen LogP contribution in [0, 0.1) is 6.92 Å². The van der Waals surface area contributed by atoms with Gasteiger partial charge in [-0.05, 0) is 56.5 Å². The Kier molecular flexibility index (Phi) is 8.51. The number of amides is 2. The molecule has 0 saturated carbocycles. The van der Waals surface area contributed by atoms with Crippen molar-refractivity contribution in [2.75, 3.05) is 0 Å². The van der Waals surface area contributed by atoms with Crippen LogP contribution in [0.25, 0.3) is 0 Å². The van der Waals surface area contributed by atoms with Crippen molar-refractivity contribution in [2.45, 2.75) is 58.7 Å². The lowest BCUT2D eigenvalue weighted by Gasteiger charge is -2.34. The molecule has 0 heterocycles. The van der Waals surface area contributed by atoms with Crippen molar-refractivity contribution < 1.29 is 9.59 Å². The quantitative estimate of drug-likeness (QED) is 0.450. The van der Waals surface area contributed by atoms with Gasteiger partial charge >= 0.3 is 0 Å². The smallest absolute Gasteiger partial charge is 0.243 e. The molecule has 0 fully saturated rings. The number of carbonyl (C=O) groups is 2. The van der Waals surface area contributed by atoms with Crippen molar-refractivity contribution >= 4 is 23.4 Å². The summed E-state index contributed by atoms with van der Waals surface area (Å²) in [7, 11) is 0. The van der Waals surface area contributed by atoms with E-state index in [1.165, 1.54) is 0 Å². The average molecular weight is 477 g/mol. The van der Waals surface area contributed by atoms with Crippen LogP contribution in [-0.2, 0) is 29.0 Å². The normalized spacial score (nSPS) is 12.1. The van der Waals surface area contributed by atoms with Crippen LogP contribution in [-0.4, -0.2) is 28.3 Å². The first-order valence-corrected chi connectivity index (χ1v) is 11.9. The first-order chi connectivity index (χ1) is 16.1. The zero-order valence-electron chi connectivity index (χ0n) is 20.3. The number of nitrogens with zero attached hydrogens (tertiary/aromatic N) is 1. The van der Waals surface area contributed by atoms with E-state index in [0.717, 1.165) is 22.3 Å². The van der Waals surface area contributed by atoms with Gasteiger partial charge < -0.3 is 10.2 Å². The van der Waals surface area contributed by atoms with Crippen molar-refractivity contribution in [2.24, 2.45) is 0 Å². The fraction of sp³-hybridized carbons (Fsp3) is 0.310. The Balaban J connectivity index is 1.98. The maximum atomic E-state index is 13.7. The summed E-state index contributed by atoms with van der Waals surface area (Å²) in [6, 6.07) is 24.5. The molecule has 0 spiro atoms. The van der Waals surface area contributed by atoms with E-state index in [-0.39, 0.29) is 18.2 Å². The molecule has 1 N–H and O–H groups in total. The standard InChI is InChI=1S/C29H33ClN2O2/c1-21-13-15-23(16-14-21)20-32(27(33)19-24-11-8-12-25(30)17-24)26(28(34)31-29(2,3)4)18-22-9-6-5-7-10-22/h5-17,26H,18-20H2,1-4H3,(H,31,34)/t26-/m1/s1. The summed E-state index contributed by atoms with van der Waals surface area (Å²) in [5.41, 5.74) is 3.53. The van der Waals surface area contributed by atoms with Crippen LogP contribution in [0.5, 0.6) is 0 Å². The molecule has 5 heteroatoms. The van der Waals surface area contributed by atoms with E-state index >= 15 is 0 Å². The van der Waals surface area contributed by atoms with Gasteiger partial charge in [0.15, 0.2) is 0 Å². The second-order valence-corrected chi connectivity index (χ2v) is 10.2. The molecule has 0 aliphatic carbocycles. The molecular weight excluding hydrogens is 444 g/mol. The second-order valence-electron chi connectivity index (χ2n) is 9.76. The molecule has 0 aliphatic rings. The fourth-order valence-electron chi connectivity index (χ4n) is 3.82. The van der Waals surface area contributed by atoms with Crippen LogP contribution in [0.3, 0.4) is 0 Å². The third-order valence-electron chi connectivity index (χ3n) is 5.49. The molecule has 2 amide bonds. The summed E-state index contributed by atoms with van der Waals surface area (Å²) >= 11 is 6.16. The molecule has 0 saturated heterocycles. The van der Waals surface area contributed by atoms with Gasteiger partial charge in [0.05, 0.1) is 6.42 Å². The molecule has 34 heavy (non-hydrogen) atoms. The van der Waals surface area contributed by atoms with E-state index in [4.69, 9.17) is 11.6 Å². The highest BCUT2D eigenvalue weighted by molar-refractivity contribution is 6.30. The summed E-state index contributed by atoms with van der Waals surface area (Å²) in [4.78, 5) is 28.9. The Morgan fingerprint density at radius 3 is 2.15 bits per heavy atom. The van der Waals surface area contributed by atoms with Gasteiger partial charge in [0.25, 0.3) is 0 Å². The van der Waals surface area contributed by atoms with Crippen LogP contribution < -0.4 is 5.32 Å². The van der Waals surface area contributed by atoms with Crippen molar-refractivity contribution in [3.63, 3.8) is 0 Å². The molecule has 0 aromatic heterocycles. The van der Waals surface area contributed by atoms with E-state index in [2.05, 4.69) is 5.32 Å². The lowest BCUT2D eigenvalue weighted by molar-refractivity contribution is -0.141. The molecule has 1 atom stereocenters. The van der Waals surface area contributed by atoms with Crippen LogP contribution in [0.1, 0.15) is 43.0 Å². The third kappa shape index (κ3) is 7.74. The molecular formula is C29H33ClN2O2. The molecule has 3 aromatic rings. The van der Waals surface area contributed by atoms with Gasteiger partial charge in [0.1, 0.15) is 6.04 Å². The van der Waals surface area contributed by atoms with Gasteiger partial charge in [-0.2, -0.15) is 0 Å². The zero-order valence-corrected chi connectivity index (χ0v) is 21.1. The van der Waals surface area contributed by atoms with Crippen LogP contribution in [0.4, 0.5) is 0 Å². The number of hydrogen-bond donors (Lipinski definition) is 1. The summed E-state index contributed by atoms with van der Waals surface area (Å²) in [6.45, 7) is 8.21. The van der Waals surface area contributed by atoms with Crippen LogP contribution in [0.2, 0.25) is 5.02 Å². The topological polar surface area (TPSA) is 49.4 Å².